The fraction of sp³-hybridized carbons (Fsp3) is 0. The molecule has 9 aromatic carbocycles. The van der Waals surface area contributed by atoms with E-state index in [-0.39, 0.29) is 0 Å². The summed E-state index contributed by atoms with van der Waals surface area (Å²) in [6.07, 6.45) is 0. The number of nitrogens with zero attached hydrogens (tertiary/aromatic N) is 4. The number of rotatable bonds is 3. The first-order valence-electron chi connectivity index (χ1n) is 18.4. The molecule has 0 aliphatic rings. The monoisotopic (exact) mass is 686 g/mol. The van der Waals surface area contributed by atoms with Crippen molar-refractivity contribution in [2.45, 2.75) is 0 Å². The Morgan fingerprint density at radius 3 is 1.65 bits per heavy atom. The Morgan fingerprint density at radius 1 is 0.333 bits per heavy atom. The second-order valence-electron chi connectivity index (χ2n) is 14.2. The molecule has 0 amide bonds. The van der Waals surface area contributed by atoms with E-state index >= 15 is 0 Å². The Bertz CT molecular complexity index is 3500. The molecular weight excluding hydrogens is 657 g/mol. The second-order valence-corrected chi connectivity index (χ2v) is 14.2. The van der Waals surface area contributed by atoms with E-state index in [2.05, 4.69) is 191 Å². The number of para-hydroxylation sites is 2. The molecule has 12 aromatic rings. The van der Waals surface area contributed by atoms with Gasteiger partial charge >= 0.3 is 0 Å². The van der Waals surface area contributed by atoms with Gasteiger partial charge in [-0.15, -0.1) is 0 Å². The molecule has 0 atom stereocenters. The summed E-state index contributed by atoms with van der Waals surface area (Å²) in [7, 11) is 0. The molecule has 0 fully saturated rings. The third-order valence-corrected chi connectivity index (χ3v) is 11.2. The largest absolute Gasteiger partial charge is 0.309 e. The Labute approximate surface area is 309 Å². The summed E-state index contributed by atoms with van der Waals surface area (Å²) in [4.78, 5) is 10.9. The van der Waals surface area contributed by atoms with Crippen LogP contribution in [0.25, 0.3) is 110 Å². The lowest BCUT2D eigenvalue weighted by Crippen LogP contribution is -2.04. The normalized spacial score (nSPS) is 12.1. The molecule has 250 valence electrons. The van der Waals surface area contributed by atoms with E-state index in [0.29, 0.717) is 5.95 Å². The average molecular weight is 687 g/mol. The van der Waals surface area contributed by atoms with E-state index in [1.807, 2.05) is 0 Å². The molecule has 54 heavy (non-hydrogen) atoms. The fourth-order valence-corrected chi connectivity index (χ4v) is 8.76. The van der Waals surface area contributed by atoms with Gasteiger partial charge in [-0.3, -0.25) is 4.57 Å². The van der Waals surface area contributed by atoms with E-state index < -0.39 is 0 Å². The van der Waals surface area contributed by atoms with Crippen molar-refractivity contribution in [1.82, 2.24) is 19.1 Å². The van der Waals surface area contributed by atoms with Gasteiger partial charge in [0, 0.05) is 43.6 Å². The Kier molecular flexibility index (Phi) is 6.02. The predicted molar refractivity (Wildman–Crippen MR) is 226 cm³/mol. The minimum atomic E-state index is 0.660. The highest BCUT2D eigenvalue weighted by molar-refractivity contribution is 6.21. The average Bonchev–Trinajstić information content (AvgIpc) is 3.73. The number of fused-ring (bicyclic) bond motifs is 11. The SMILES string of the molecule is c1ccc(-n2c3ccc(-c4nc(-n5c6cc7ccccc7cc6c6ccc7ccccc7c65)nc5ccccc45)cc3c3cc4ccccc4cc32)cc1. The van der Waals surface area contributed by atoms with Crippen molar-refractivity contribution in [3.05, 3.63) is 182 Å². The maximum Gasteiger partial charge on any atom is 0.235 e. The topological polar surface area (TPSA) is 35.6 Å². The van der Waals surface area contributed by atoms with Crippen LogP contribution in [0.2, 0.25) is 0 Å². The van der Waals surface area contributed by atoms with Crippen LogP contribution in [0.15, 0.2) is 182 Å². The van der Waals surface area contributed by atoms with Crippen molar-refractivity contribution in [3.8, 4) is 22.9 Å². The summed E-state index contributed by atoms with van der Waals surface area (Å²) < 4.78 is 4.68. The third-order valence-electron chi connectivity index (χ3n) is 11.2. The first kappa shape index (κ1) is 29.3. The molecule has 0 radical (unpaired) electrons. The van der Waals surface area contributed by atoms with Crippen LogP contribution >= 0.6 is 0 Å². The molecule has 0 aliphatic heterocycles. The minimum Gasteiger partial charge on any atom is -0.309 e. The zero-order valence-corrected chi connectivity index (χ0v) is 29.1. The van der Waals surface area contributed by atoms with Gasteiger partial charge in [-0.2, -0.15) is 0 Å². The van der Waals surface area contributed by atoms with Crippen molar-refractivity contribution in [1.29, 1.82) is 0 Å². The molecule has 12 rings (SSSR count). The number of hydrogen-bond acceptors (Lipinski definition) is 2. The first-order chi connectivity index (χ1) is 26.8. The molecule has 0 unspecified atom stereocenters. The third kappa shape index (κ3) is 4.19. The second kappa shape index (κ2) is 11.1. The van der Waals surface area contributed by atoms with Crippen molar-refractivity contribution < 1.29 is 0 Å². The zero-order valence-electron chi connectivity index (χ0n) is 29.1. The predicted octanol–water partition coefficient (Wildman–Crippen LogP) is 13.0. The molecule has 0 saturated carbocycles. The summed E-state index contributed by atoms with van der Waals surface area (Å²) in [5.74, 6) is 0.660. The van der Waals surface area contributed by atoms with Gasteiger partial charge in [-0.05, 0) is 81.5 Å². The highest BCUT2D eigenvalue weighted by Crippen LogP contribution is 2.41. The molecule has 0 spiro atoms. The van der Waals surface area contributed by atoms with Crippen LogP contribution in [-0.4, -0.2) is 19.1 Å². The molecular formula is C50H30N4. The molecule has 0 aliphatic carbocycles. The van der Waals surface area contributed by atoms with Gasteiger partial charge in [-0.25, -0.2) is 9.97 Å². The lowest BCUT2D eigenvalue weighted by molar-refractivity contribution is 1.02. The molecule has 0 N–H and O–H groups in total. The van der Waals surface area contributed by atoms with Gasteiger partial charge in [0.05, 0.1) is 33.3 Å². The lowest BCUT2D eigenvalue weighted by Gasteiger charge is -2.13. The van der Waals surface area contributed by atoms with Crippen LogP contribution in [0.4, 0.5) is 0 Å². The van der Waals surface area contributed by atoms with E-state index in [0.717, 1.165) is 44.4 Å². The van der Waals surface area contributed by atoms with Crippen LogP contribution in [0.1, 0.15) is 0 Å². The molecule has 3 heterocycles. The summed E-state index contributed by atoms with van der Waals surface area (Å²) >= 11 is 0. The van der Waals surface area contributed by atoms with Crippen molar-refractivity contribution in [3.63, 3.8) is 0 Å². The van der Waals surface area contributed by atoms with Crippen LogP contribution in [0.5, 0.6) is 0 Å². The summed E-state index contributed by atoms with van der Waals surface area (Å²) in [6, 6.07) is 65.5. The molecule has 4 heteroatoms. The van der Waals surface area contributed by atoms with Crippen LogP contribution in [0, 0.1) is 0 Å². The summed E-state index contributed by atoms with van der Waals surface area (Å²) in [6.45, 7) is 0. The summed E-state index contributed by atoms with van der Waals surface area (Å²) in [5.41, 5.74) is 8.57. The standard InChI is InChI=1S/C50H30N4/c1-2-17-37(18-3-1)53-45-25-23-36(28-42(45)43-27-33-14-5-6-15-34(33)29-46(43)53)48-40-20-10-11-21-44(40)51-50(52-48)54-47-30-35-16-7-4-13-32(35)26-41(47)39-24-22-31-12-8-9-19-38(31)49(39)54/h1-30H. The molecule has 0 bridgehead atoms. The lowest BCUT2D eigenvalue weighted by atomic mass is 10.0. The van der Waals surface area contributed by atoms with Crippen LogP contribution in [0.3, 0.4) is 0 Å². The quantitative estimate of drug-likeness (QED) is 0.185. The smallest absolute Gasteiger partial charge is 0.235 e. The Balaban J connectivity index is 1.18. The van der Waals surface area contributed by atoms with Gasteiger partial charge in [-0.1, -0.05) is 127 Å². The Morgan fingerprint density at radius 2 is 0.907 bits per heavy atom. The van der Waals surface area contributed by atoms with Gasteiger partial charge < -0.3 is 4.57 Å². The van der Waals surface area contributed by atoms with Crippen molar-refractivity contribution >= 4 is 86.8 Å². The Hall–Kier alpha value is -7.30. The van der Waals surface area contributed by atoms with Gasteiger partial charge in [0.25, 0.3) is 0 Å². The molecule has 0 saturated heterocycles. The van der Waals surface area contributed by atoms with Crippen molar-refractivity contribution in [2.75, 3.05) is 0 Å². The van der Waals surface area contributed by atoms with E-state index in [1.54, 1.807) is 0 Å². The van der Waals surface area contributed by atoms with Gasteiger partial charge in [0.15, 0.2) is 0 Å². The maximum absolute atomic E-state index is 5.55. The van der Waals surface area contributed by atoms with Gasteiger partial charge in [0.1, 0.15) is 0 Å². The summed E-state index contributed by atoms with van der Waals surface area (Å²) in [5, 5.41) is 13.0. The van der Waals surface area contributed by atoms with E-state index in [1.165, 1.54) is 59.4 Å². The first-order valence-corrected chi connectivity index (χ1v) is 18.4. The van der Waals surface area contributed by atoms with Crippen LogP contribution in [-0.2, 0) is 0 Å². The van der Waals surface area contributed by atoms with E-state index in [9.17, 15) is 0 Å². The number of benzene rings is 9. The van der Waals surface area contributed by atoms with Gasteiger partial charge in [0.2, 0.25) is 5.95 Å². The highest BCUT2D eigenvalue weighted by Gasteiger charge is 2.21. The number of aromatic nitrogens is 4. The fourth-order valence-electron chi connectivity index (χ4n) is 8.76. The van der Waals surface area contributed by atoms with E-state index in [4.69, 9.17) is 9.97 Å². The minimum absolute atomic E-state index is 0.660. The number of hydrogen-bond donors (Lipinski definition) is 0. The molecule has 4 nitrogen and oxygen atoms in total. The van der Waals surface area contributed by atoms with Crippen molar-refractivity contribution in [2.24, 2.45) is 0 Å². The zero-order chi connectivity index (χ0) is 35.3. The maximum atomic E-state index is 5.55. The van der Waals surface area contributed by atoms with Crippen LogP contribution < -0.4 is 0 Å². The highest BCUT2D eigenvalue weighted by atomic mass is 15.2. The molecule has 3 aromatic heterocycles.